The lowest BCUT2D eigenvalue weighted by Crippen LogP contribution is -2.27. The van der Waals surface area contributed by atoms with Gasteiger partial charge in [-0.05, 0) is 36.8 Å². The molecule has 0 fully saturated rings. The largest absolute Gasteiger partial charge is 0.507 e. The maximum atomic E-state index is 12.9. The summed E-state index contributed by atoms with van der Waals surface area (Å²) in [6, 6.07) is 12.2. The molecule has 37 heavy (non-hydrogen) atoms. The molecule has 0 saturated heterocycles. The summed E-state index contributed by atoms with van der Waals surface area (Å²) in [5.74, 6) is -1.17. The van der Waals surface area contributed by atoms with Crippen molar-refractivity contribution in [3.05, 3.63) is 81.7 Å². The predicted octanol–water partition coefficient (Wildman–Crippen LogP) is 3.00. The molecule has 0 unspecified atom stereocenters. The smallest absolute Gasteiger partial charge is 0.251 e. The quantitative estimate of drug-likeness (QED) is 0.264. The van der Waals surface area contributed by atoms with Crippen molar-refractivity contribution in [2.24, 2.45) is 0 Å². The molecule has 1 atom stereocenters. The standard InChI is InChI=1S/C26H25N3O8/c1-14-11-20(32)24(34)25(36-14)17(15-7-8-19(31)21(12-15)35-2)13-22(33)27-10-9-23-28-29-26(37-23)16-5-3-4-6-18(16)30/h3-8,11-12,17,30-31,34H,9-10,13H2,1-2H3,(H,27,33)/t17-/m1/s1. The van der Waals surface area contributed by atoms with E-state index in [-0.39, 0.29) is 59.9 Å². The van der Waals surface area contributed by atoms with E-state index in [2.05, 4.69) is 15.5 Å². The van der Waals surface area contributed by atoms with Crippen molar-refractivity contribution in [1.29, 1.82) is 0 Å². The van der Waals surface area contributed by atoms with E-state index >= 15 is 0 Å². The Hall–Kier alpha value is -4.80. The second kappa shape index (κ2) is 10.9. The van der Waals surface area contributed by atoms with Gasteiger partial charge in [-0.15, -0.1) is 10.2 Å². The topological polar surface area (TPSA) is 168 Å². The number of carbonyl (C=O) groups is 1. The van der Waals surface area contributed by atoms with Gasteiger partial charge in [0.25, 0.3) is 5.89 Å². The molecule has 4 rings (SSSR count). The van der Waals surface area contributed by atoms with Gasteiger partial charge in [-0.3, -0.25) is 9.59 Å². The molecular formula is C26H25N3O8. The predicted molar refractivity (Wildman–Crippen MR) is 131 cm³/mol. The molecule has 2 heterocycles. The van der Waals surface area contributed by atoms with Crippen LogP contribution in [-0.2, 0) is 11.2 Å². The molecule has 11 nitrogen and oxygen atoms in total. The van der Waals surface area contributed by atoms with Crippen molar-refractivity contribution >= 4 is 5.91 Å². The molecule has 0 saturated carbocycles. The summed E-state index contributed by atoms with van der Waals surface area (Å²) in [6.45, 7) is 1.73. The van der Waals surface area contributed by atoms with Crippen LogP contribution >= 0.6 is 0 Å². The first-order chi connectivity index (χ1) is 17.8. The lowest BCUT2D eigenvalue weighted by Gasteiger charge is -2.18. The number of phenols is 2. The molecule has 4 aromatic rings. The summed E-state index contributed by atoms with van der Waals surface area (Å²) >= 11 is 0. The van der Waals surface area contributed by atoms with Gasteiger partial charge in [0.1, 0.15) is 11.5 Å². The molecule has 11 heteroatoms. The Morgan fingerprint density at radius 2 is 1.84 bits per heavy atom. The minimum Gasteiger partial charge on any atom is -0.507 e. The average molecular weight is 507 g/mol. The summed E-state index contributed by atoms with van der Waals surface area (Å²) < 4.78 is 16.4. The molecule has 0 bridgehead atoms. The SMILES string of the molecule is COc1cc([C@@H](CC(=O)NCCc2nnc(-c3ccccc3O)o2)c2oc(C)cc(=O)c2O)ccc1O. The van der Waals surface area contributed by atoms with Crippen LogP contribution in [0.2, 0.25) is 0 Å². The Morgan fingerprint density at radius 1 is 1.05 bits per heavy atom. The van der Waals surface area contributed by atoms with E-state index in [1.807, 2.05) is 0 Å². The number of para-hydroxylation sites is 1. The third-order valence-electron chi connectivity index (χ3n) is 5.65. The normalized spacial score (nSPS) is 11.7. The number of amides is 1. The average Bonchev–Trinajstić information content (AvgIpc) is 3.34. The van der Waals surface area contributed by atoms with Crippen LogP contribution in [0.15, 0.2) is 62.2 Å². The Morgan fingerprint density at radius 3 is 2.59 bits per heavy atom. The molecule has 192 valence electrons. The summed E-state index contributed by atoms with van der Waals surface area (Å²) in [7, 11) is 1.38. The number of aromatic hydroxyl groups is 3. The van der Waals surface area contributed by atoms with Crippen LogP contribution in [0.3, 0.4) is 0 Å². The van der Waals surface area contributed by atoms with E-state index < -0.39 is 23.0 Å². The highest BCUT2D eigenvalue weighted by Crippen LogP contribution is 2.37. The van der Waals surface area contributed by atoms with Gasteiger partial charge in [0.15, 0.2) is 17.3 Å². The number of carbonyl (C=O) groups excluding carboxylic acids is 1. The molecule has 0 aliphatic carbocycles. The highest BCUT2D eigenvalue weighted by molar-refractivity contribution is 5.77. The number of ether oxygens (including phenoxy) is 1. The Labute approximate surface area is 211 Å². The minimum absolute atomic E-state index is 0.00829. The van der Waals surface area contributed by atoms with Crippen LogP contribution < -0.4 is 15.5 Å². The molecule has 0 aliphatic heterocycles. The van der Waals surface area contributed by atoms with Crippen LogP contribution in [0.25, 0.3) is 11.5 Å². The van der Waals surface area contributed by atoms with Gasteiger partial charge >= 0.3 is 0 Å². The molecule has 0 spiro atoms. The van der Waals surface area contributed by atoms with Crippen molar-refractivity contribution in [3.8, 4) is 34.5 Å². The van der Waals surface area contributed by atoms with Crippen LogP contribution in [-0.4, -0.2) is 45.1 Å². The summed E-state index contributed by atoms with van der Waals surface area (Å²) in [5, 5.41) is 41.0. The maximum absolute atomic E-state index is 12.9. The second-order valence-electron chi connectivity index (χ2n) is 8.24. The van der Waals surface area contributed by atoms with Crippen molar-refractivity contribution in [2.75, 3.05) is 13.7 Å². The number of hydrogen-bond acceptors (Lipinski definition) is 10. The molecule has 2 aromatic carbocycles. The summed E-state index contributed by atoms with van der Waals surface area (Å²) in [4.78, 5) is 25.1. The Kier molecular flexibility index (Phi) is 7.42. The van der Waals surface area contributed by atoms with E-state index in [1.165, 1.54) is 25.3 Å². The van der Waals surface area contributed by atoms with Gasteiger partial charge in [0, 0.05) is 25.5 Å². The van der Waals surface area contributed by atoms with Crippen LogP contribution in [0.4, 0.5) is 0 Å². The molecular weight excluding hydrogens is 482 g/mol. The summed E-state index contributed by atoms with van der Waals surface area (Å²) in [6.07, 6.45) is 0.0513. The molecule has 0 radical (unpaired) electrons. The van der Waals surface area contributed by atoms with Crippen molar-refractivity contribution < 1.29 is 33.7 Å². The maximum Gasteiger partial charge on any atom is 0.251 e. The highest BCUT2D eigenvalue weighted by atomic mass is 16.5. The van der Waals surface area contributed by atoms with E-state index in [0.717, 1.165) is 6.07 Å². The zero-order valence-electron chi connectivity index (χ0n) is 20.1. The van der Waals surface area contributed by atoms with Gasteiger partial charge in [0.05, 0.1) is 18.6 Å². The fraction of sp³-hybridized carbons (Fsp3) is 0.231. The van der Waals surface area contributed by atoms with E-state index in [0.29, 0.717) is 11.1 Å². The van der Waals surface area contributed by atoms with Gasteiger partial charge in [-0.25, -0.2) is 0 Å². The molecule has 4 N–H and O–H groups in total. The van der Waals surface area contributed by atoms with E-state index in [9.17, 15) is 24.9 Å². The number of aromatic nitrogens is 2. The van der Waals surface area contributed by atoms with Crippen molar-refractivity contribution in [1.82, 2.24) is 15.5 Å². The number of methoxy groups -OCH3 is 1. The highest BCUT2D eigenvalue weighted by Gasteiger charge is 2.27. The number of rotatable bonds is 9. The summed E-state index contributed by atoms with van der Waals surface area (Å²) in [5.41, 5.74) is 0.251. The molecule has 1 amide bonds. The van der Waals surface area contributed by atoms with Gasteiger partial charge in [-0.2, -0.15) is 0 Å². The van der Waals surface area contributed by atoms with Crippen molar-refractivity contribution in [3.63, 3.8) is 0 Å². The minimum atomic E-state index is -0.849. The first kappa shape index (κ1) is 25.3. The van der Waals surface area contributed by atoms with Crippen molar-refractivity contribution in [2.45, 2.75) is 25.7 Å². The fourth-order valence-corrected chi connectivity index (χ4v) is 3.82. The number of hydrogen-bond donors (Lipinski definition) is 4. The third-order valence-corrected chi connectivity index (χ3v) is 5.65. The first-order valence-electron chi connectivity index (χ1n) is 11.3. The van der Waals surface area contributed by atoms with E-state index in [1.54, 1.807) is 31.2 Å². The fourth-order valence-electron chi connectivity index (χ4n) is 3.82. The third kappa shape index (κ3) is 5.72. The monoisotopic (exact) mass is 507 g/mol. The zero-order chi connectivity index (χ0) is 26.5. The van der Waals surface area contributed by atoms with Gasteiger partial charge in [0.2, 0.25) is 23.0 Å². The molecule has 2 aromatic heterocycles. The van der Waals surface area contributed by atoms with Gasteiger partial charge < -0.3 is 34.2 Å². The lowest BCUT2D eigenvalue weighted by atomic mass is 9.91. The number of nitrogens with zero attached hydrogens (tertiary/aromatic N) is 2. The number of aryl methyl sites for hydroxylation is 1. The number of benzene rings is 2. The van der Waals surface area contributed by atoms with Crippen LogP contribution in [0.5, 0.6) is 23.0 Å². The second-order valence-corrected chi connectivity index (χ2v) is 8.24. The lowest BCUT2D eigenvalue weighted by molar-refractivity contribution is -0.121. The zero-order valence-corrected chi connectivity index (χ0v) is 20.1. The first-order valence-corrected chi connectivity index (χ1v) is 11.3. The number of nitrogens with one attached hydrogen (secondary N) is 1. The van der Waals surface area contributed by atoms with Gasteiger partial charge in [-0.1, -0.05) is 18.2 Å². The Balaban J connectivity index is 1.49. The number of phenolic OH excluding ortho intramolecular Hbond substituents is 2. The Bertz CT molecular complexity index is 1480. The van der Waals surface area contributed by atoms with Crippen LogP contribution in [0.1, 0.15) is 35.3 Å². The molecule has 0 aliphatic rings. The van der Waals surface area contributed by atoms with E-state index in [4.69, 9.17) is 13.6 Å². The van der Waals surface area contributed by atoms with Crippen LogP contribution in [0, 0.1) is 6.92 Å².